The smallest absolute Gasteiger partial charge is 0.350 e. The van der Waals surface area contributed by atoms with E-state index in [0.717, 1.165) is 20.4 Å². The summed E-state index contributed by atoms with van der Waals surface area (Å²) in [5.41, 5.74) is 0.794. The van der Waals surface area contributed by atoms with Crippen molar-refractivity contribution in [2.45, 2.75) is 40.2 Å². The summed E-state index contributed by atoms with van der Waals surface area (Å²) >= 11 is 0. The molecule has 0 saturated heterocycles. The predicted octanol–water partition coefficient (Wildman–Crippen LogP) is 2.95. The molecule has 1 heterocycles. The van der Waals surface area contributed by atoms with Gasteiger partial charge in [-0.2, -0.15) is 9.78 Å². The van der Waals surface area contributed by atoms with Crippen molar-refractivity contribution in [3.63, 3.8) is 0 Å². The van der Waals surface area contributed by atoms with Crippen LogP contribution in [0.3, 0.4) is 0 Å². The van der Waals surface area contributed by atoms with E-state index in [0.29, 0.717) is 18.2 Å². The van der Waals surface area contributed by atoms with Gasteiger partial charge in [-0.15, -0.1) is 0 Å². The van der Waals surface area contributed by atoms with Crippen LogP contribution in [0.25, 0.3) is 5.69 Å². The van der Waals surface area contributed by atoms with Gasteiger partial charge in [0.2, 0.25) is 5.69 Å². The van der Waals surface area contributed by atoms with Crippen LogP contribution in [0, 0.1) is 5.92 Å². The van der Waals surface area contributed by atoms with Gasteiger partial charge >= 0.3 is 5.69 Å². The first-order valence-electron chi connectivity index (χ1n) is 10.4. The summed E-state index contributed by atoms with van der Waals surface area (Å²) < 4.78 is 2.18. The molecule has 0 spiro atoms. The van der Waals surface area contributed by atoms with E-state index in [2.05, 4.69) is 24.3 Å². The standard InChI is InChI=1S/C24H28N4O3/c1-16(2)14-25-22(29)21-23(30)27(15-18-8-6-5-7-9-18)24(31)28(26-21)20-12-10-19(11-13-20)17(3)4/h5-13,16-17H,14-15H2,1-4H3,(H,25,29). The third-order valence-corrected chi connectivity index (χ3v) is 4.93. The monoisotopic (exact) mass is 420 g/mol. The number of carbonyl (C=O) groups is 1. The van der Waals surface area contributed by atoms with E-state index >= 15 is 0 Å². The Morgan fingerprint density at radius 1 is 0.968 bits per heavy atom. The van der Waals surface area contributed by atoms with Crippen molar-refractivity contribution in [1.29, 1.82) is 0 Å². The van der Waals surface area contributed by atoms with Crippen LogP contribution in [0.5, 0.6) is 0 Å². The molecule has 0 aliphatic rings. The SMILES string of the molecule is CC(C)CNC(=O)c1nn(-c2ccc(C(C)C)cc2)c(=O)n(Cc2ccccc2)c1=O. The largest absolute Gasteiger partial charge is 0.352 e. The molecule has 1 N–H and O–H groups in total. The van der Waals surface area contributed by atoms with Crippen LogP contribution in [-0.4, -0.2) is 26.8 Å². The number of benzene rings is 2. The summed E-state index contributed by atoms with van der Waals surface area (Å²) in [6.07, 6.45) is 0. The maximum atomic E-state index is 13.2. The lowest BCUT2D eigenvalue weighted by atomic mass is 10.0. The van der Waals surface area contributed by atoms with E-state index in [1.807, 2.05) is 56.3 Å². The summed E-state index contributed by atoms with van der Waals surface area (Å²) in [6, 6.07) is 16.6. The fraction of sp³-hybridized carbons (Fsp3) is 0.333. The van der Waals surface area contributed by atoms with Crippen LogP contribution in [0.2, 0.25) is 0 Å². The maximum Gasteiger partial charge on any atom is 0.352 e. The molecule has 0 unspecified atom stereocenters. The second kappa shape index (κ2) is 9.55. The van der Waals surface area contributed by atoms with Gasteiger partial charge in [0, 0.05) is 6.54 Å². The molecule has 1 amide bonds. The van der Waals surface area contributed by atoms with Crippen LogP contribution in [0.15, 0.2) is 64.2 Å². The molecule has 3 rings (SSSR count). The maximum absolute atomic E-state index is 13.2. The second-order valence-corrected chi connectivity index (χ2v) is 8.27. The highest BCUT2D eigenvalue weighted by atomic mass is 16.2. The Labute approximate surface area is 181 Å². The molecule has 0 atom stereocenters. The van der Waals surface area contributed by atoms with Crippen molar-refractivity contribution in [2.24, 2.45) is 5.92 Å². The molecule has 0 aliphatic heterocycles. The molecule has 0 radical (unpaired) electrons. The van der Waals surface area contributed by atoms with Crippen LogP contribution in [0.1, 0.15) is 55.2 Å². The highest BCUT2D eigenvalue weighted by Crippen LogP contribution is 2.15. The topological polar surface area (TPSA) is 86.0 Å². The predicted molar refractivity (Wildman–Crippen MR) is 121 cm³/mol. The Kier molecular flexibility index (Phi) is 6.84. The van der Waals surface area contributed by atoms with Crippen LogP contribution < -0.4 is 16.6 Å². The summed E-state index contributed by atoms with van der Waals surface area (Å²) in [5.74, 6) is -0.0406. The number of amides is 1. The number of rotatable bonds is 7. The number of nitrogens with one attached hydrogen (secondary N) is 1. The van der Waals surface area contributed by atoms with E-state index in [9.17, 15) is 14.4 Å². The summed E-state index contributed by atoms with van der Waals surface area (Å²) in [4.78, 5) is 38.9. The molecule has 3 aromatic rings. The summed E-state index contributed by atoms with van der Waals surface area (Å²) in [5, 5.41) is 6.88. The van der Waals surface area contributed by atoms with Crippen LogP contribution >= 0.6 is 0 Å². The molecule has 0 saturated carbocycles. The third kappa shape index (κ3) is 5.17. The lowest BCUT2D eigenvalue weighted by Crippen LogP contribution is -2.46. The fourth-order valence-electron chi connectivity index (χ4n) is 3.11. The Balaban J connectivity index is 2.14. The van der Waals surface area contributed by atoms with E-state index in [-0.39, 0.29) is 18.2 Å². The molecular weight excluding hydrogens is 392 g/mol. The average molecular weight is 421 g/mol. The Bertz CT molecular complexity index is 1160. The minimum absolute atomic E-state index is 0.0512. The zero-order valence-electron chi connectivity index (χ0n) is 18.3. The molecule has 0 fully saturated rings. The van der Waals surface area contributed by atoms with Gasteiger partial charge in [-0.25, -0.2) is 4.79 Å². The molecule has 1 aromatic heterocycles. The molecule has 0 aliphatic carbocycles. The van der Waals surface area contributed by atoms with Crippen molar-refractivity contribution in [3.8, 4) is 5.69 Å². The Morgan fingerprint density at radius 2 is 1.61 bits per heavy atom. The van der Waals surface area contributed by atoms with Gasteiger partial charge < -0.3 is 5.32 Å². The van der Waals surface area contributed by atoms with Gasteiger partial charge in [0.1, 0.15) is 0 Å². The number of aromatic nitrogens is 3. The number of carbonyl (C=O) groups excluding carboxylic acids is 1. The first-order valence-corrected chi connectivity index (χ1v) is 10.4. The molecule has 162 valence electrons. The minimum atomic E-state index is -0.704. The first-order chi connectivity index (χ1) is 14.8. The van der Waals surface area contributed by atoms with Gasteiger partial charge in [0.05, 0.1) is 12.2 Å². The minimum Gasteiger partial charge on any atom is -0.350 e. The van der Waals surface area contributed by atoms with Crippen molar-refractivity contribution >= 4 is 5.91 Å². The Morgan fingerprint density at radius 3 is 2.19 bits per heavy atom. The van der Waals surface area contributed by atoms with Crippen LogP contribution in [0.4, 0.5) is 0 Å². The fourth-order valence-corrected chi connectivity index (χ4v) is 3.11. The zero-order chi connectivity index (χ0) is 22.5. The molecule has 31 heavy (non-hydrogen) atoms. The van der Waals surface area contributed by atoms with Gasteiger partial charge in [-0.1, -0.05) is 70.2 Å². The first kappa shape index (κ1) is 22.2. The average Bonchev–Trinajstić information content (AvgIpc) is 2.76. The third-order valence-electron chi connectivity index (χ3n) is 4.93. The van der Waals surface area contributed by atoms with Crippen molar-refractivity contribution in [1.82, 2.24) is 19.7 Å². The Hall–Kier alpha value is -3.48. The highest BCUT2D eigenvalue weighted by molar-refractivity contribution is 5.91. The lowest BCUT2D eigenvalue weighted by Gasteiger charge is -2.13. The molecule has 0 bridgehead atoms. The number of nitrogens with zero attached hydrogens (tertiary/aromatic N) is 3. The lowest BCUT2D eigenvalue weighted by molar-refractivity contribution is 0.0939. The van der Waals surface area contributed by atoms with Crippen molar-refractivity contribution in [3.05, 3.63) is 92.3 Å². The molecule has 2 aromatic carbocycles. The van der Waals surface area contributed by atoms with Gasteiger partial charge in [0.25, 0.3) is 11.5 Å². The molecule has 7 nitrogen and oxygen atoms in total. The van der Waals surface area contributed by atoms with Crippen molar-refractivity contribution in [2.75, 3.05) is 6.54 Å². The summed E-state index contributed by atoms with van der Waals surface area (Å²) in [6.45, 7) is 8.53. The molecule has 7 heteroatoms. The van der Waals surface area contributed by atoms with Gasteiger partial charge in [-0.05, 0) is 35.1 Å². The normalized spacial score (nSPS) is 11.2. The van der Waals surface area contributed by atoms with Crippen molar-refractivity contribution < 1.29 is 4.79 Å². The second-order valence-electron chi connectivity index (χ2n) is 8.27. The van der Waals surface area contributed by atoms with E-state index in [4.69, 9.17) is 0 Å². The summed E-state index contributed by atoms with van der Waals surface area (Å²) in [7, 11) is 0. The number of hydrogen-bond acceptors (Lipinski definition) is 4. The molecular formula is C24H28N4O3. The van der Waals surface area contributed by atoms with Gasteiger partial charge in [0.15, 0.2) is 0 Å². The van der Waals surface area contributed by atoms with E-state index < -0.39 is 17.2 Å². The zero-order valence-corrected chi connectivity index (χ0v) is 18.3. The van der Waals surface area contributed by atoms with E-state index in [1.54, 1.807) is 12.1 Å². The van der Waals surface area contributed by atoms with Gasteiger partial charge in [-0.3, -0.25) is 14.2 Å². The van der Waals surface area contributed by atoms with E-state index in [1.165, 1.54) is 0 Å². The highest BCUT2D eigenvalue weighted by Gasteiger charge is 2.20. The quantitative estimate of drug-likeness (QED) is 0.637. The van der Waals surface area contributed by atoms with Crippen LogP contribution in [-0.2, 0) is 6.54 Å². The number of hydrogen-bond donors (Lipinski definition) is 1.